The zero-order valence-electron chi connectivity index (χ0n) is 16.6. The summed E-state index contributed by atoms with van der Waals surface area (Å²) in [7, 11) is 0. The van der Waals surface area contributed by atoms with Crippen LogP contribution in [0, 0.1) is 10.1 Å². The number of tetrazole rings is 1. The van der Waals surface area contributed by atoms with Crippen molar-refractivity contribution in [3.8, 4) is 5.69 Å². The molecule has 3 aromatic rings. The Kier molecular flexibility index (Phi) is 6.19. The van der Waals surface area contributed by atoms with Gasteiger partial charge in [0.15, 0.2) is 5.82 Å². The number of benzene rings is 2. The minimum Gasteiger partial charge on any atom is -0.340 e. The normalized spacial score (nSPS) is 14.5. The number of non-ortho nitro benzene ring substituents is 1. The smallest absolute Gasteiger partial charge is 0.269 e. The summed E-state index contributed by atoms with van der Waals surface area (Å²) in [6, 6.07) is 13.4. The van der Waals surface area contributed by atoms with Gasteiger partial charge in [-0.05, 0) is 40.3 Å². The molecule has 1 amide bonds. The molecule has 1 aliphatic rings. The lowest BCUT2D eigenvalue weighted by atomic mass is 10.1. The summed E-state index contributed by atoms with van der Waals surface area (Å²) >= 11 is 5.95. The Hall–Kier alpha value is -3.37. The van der Waals surface area contributed by atoms with Gasteiger partial charge in [0.25, 0.3) is 5.69 Å². The monoisotopic (exact) mass is 441 g/mol. The number of nitro groups is 1. The van der Waals surface area contributed by atoms with Crippen LogP contribution >= 0.6 is 11.6 Å². The van der Waals surface area contributed by atoms with Crippen LogP contribution in [0.4, 0.5) is 5.69 Å². The molecule has 4 rings (SSSR count). The van der Waals surface area contributed by atoms with E-state index >= 15 is 0 Å². The first kappa shape index (κ1) is 20.9. The fourth-order valence-electron chi connectivity index (χ4n) is 3.46. The first-order chi connectivity index (χ1) is 15.0. The van der Waals surface area contributed by atoms with E-state index in [4.69, 9.17) is 11.6 Å². The predicted octanol–water partition coefficient (Wildman–Crippen LogP) is 2.11. The summed E-state index contributed by atoms with van der Waals surface area (Å²) < 4.78 is 1.68. The maximum Gasteiger partial charge on any atom is 0.269 e. The molecule has 0 aliphatic carbocycles. The van der Waals surface area contributed by atoms with Gasteiger partial charge in [-0.2, -0.15) is 4.68 Å². The van der Waals surface area contributed by atoms with E-state index in [-0.39, 0.29) is 18.0 Å². The molecule has 0 spiro atoms. The second-order valence-corrected chi connectivity index (χ2v) is 7.68. The number of piperazine rings is 1. The van der Waals surface area contributed by atoms with Gasteiger partial charge >= 0.3 is 0 Å². The molecule has 2 aromatic carbocycles. The van der Waals surface area contributed by atoms with Crippen molar-refractivity contribution in [1.82, 2.24) is 30.0 Å². The third-order valence-corrected chi connectivity index (χ3v) is 5.45. The maximum atomic E-state index is 12.6. The van der Waals surface area contributed by atoms with E-state index in [1.54, 1.807) is 28.9 Å². The zero-order valence-corrected chi connectivity index (χ0v) is 17.4. The Bertz CT molecular complexity index is 1060. The van der Waals surface area contributed by atoms with Crippen LogP contribution < -0.4 is 0 Å². The third-order valence-electron chi connectivity index (χ3n) is 5.20. The predicted molar refractivity (Wildman–Crippen MR) is 113 cm³/mol. The lowest BCUT2D eigenvalue weighted by Crippen LogP contribution is -2.48. The van der Waals surface area contributed by atoms with Crippen molar-refractivity contribution in [2.75, 3.05) is 26.2 Å². The van der Waals surface area contributed by atoms with Gasteiger partial charge in [-0.3, -0.25) is 19.8 Å². The molecule has 11 heteroatoms. The second kappa shape index (κ2) is 9.19. The largest absolute Gasteiger partial charge is 0.340 e. The number of carbonyl (C=O) groups excluding carboxylic acids is 1. The number of halogens is 1. The fourth-order valence-corrected chi connectivity index (χ4v) is 3.59. The second-order valence-electron chi connectivity index (χ2n) is 7.24. The van der Waals surface area contributed by atoms with Crippen LogP contribution in [-0.4, -0.2) is 67.0 Å². The van der Waals surface area contributed by atoms with E-state index < -0.39 is 4.92 Å². The van der Waals surface area contributed by atoms with Crippen molar-refractivity contribution in [3.63, 3.8) is 0 Å². The van der Waals surface area contributed by atoms with E-state index in [0.29, 0.717) is 43.6 Å². The summed E-state index contributed by atoms with van der Waals surface area (Å²) in [4.78, 5) is 26.9. The standard InChI is InChI=1S/C20H20ClN7O3/c21-16-3-7-17(8-4-16)27-19(22-23-24-27)14-25-9-11-26(12-10-25)20(29)13-15-1-5-18(6-2-15)28(30)31/h1-8H,9-14H2. The number of nitrogens with zero attached hydrogens (tertiary/aromatic N) is 7. The molecular weight excluding hydrogens is 422 g/mol. The summed E-state index contributed by atoms with van der Waals surface area (Å²) in [5.74, 6) is 0.729. The SMILES string of the molecule is O=C(Cc1ccc([N+](=O)[O-])cc1)N1CCN(Cc2nnnn2-c2ccc(Cl)cc2)CC1. The van der Waals surface area contributed by atoms with Crippen LogP contribution in [0.1, 0.15) is 11.4 Å². The average Bonchev–Trinajstić information content (AvgIpc) is 3.23. The van der Waals surface area contributed by atoms with Gasteiger partial charge in [0.05, 0.1) is 23.6 Å². The number of carbonyl (C=O) groups is 1. The molecule has 0 saturated carbocycles. The molecule has 0 atom stereocenters. The van der Waals surface area contributed by atoms with Crippen LogP contribution in [0.25, 0.3) is 5.69 Å². The lowest BCUT2D eigenvalue weighted by Gasteiger charge is -2.34. The molecule has 1 aromatic heterocycles. The highest BCUT2D eigenvalue weighted by molar-refractivity contribution is 6.30. The number of rotatable bonds is 6. The summed E-state index contributed by atoms with van der Waals surface area (Å²) in [5.41, 5.74) is 1.62. The highest BCUT2D eigenvalue weighted by Crippen LogP contribution is 2.16. The molecule has 1 fully saturated rings. The number of nitro benzene ring substituents is 1. The number of hydrogen-bond donors (Lipinski definition) is 0. The third kappa shape index (κ3) is 5.04. The van der Waals surface area contributed by atoms with Crippen molar-refractivity contribution < 1.29 is 9.72 Å². The van der Waals surface area contributed by atoms with Crippen LogP contribution in [0.15, 0.2) is 48.5 Å². The molecule has 160 valence electrons. The lowest BCUT2D eigenvalue weighted by molar-refractivity contribution is -0.384. The van der Waals surface area contributed by atoms with Gasteiger partial charge in [-0.15, -0.1) is 5.10 Å². The Balaban J connectivity index is 1.31. The van der Waals surface area contributed by atoms with Gasteiger partial charge in [0, 0.05) is 43.3 Å². The number of hydrogen-bond acceptors (Lipinski definition) is 7. The summed E-state index contributed by atoms with van der Waals surface area (Å²) in [6.07, 6.45) is 0.229. The molecule has 10 nitrogen and oxygen atoms in total. The van der Waals surface area contributed by atoms with Gasteiger partial charge in [-0.25, -0.2) is 0 Å². The van der Waals surface area contributed by atoms with Crippen molar-refractivity contribution in [2.45, 2.75) is 13.0 Å². The van der Waals surface area contributed by atoms with E-state index in [9.17, 15) is 14.9 Å². The molecule has 2 heterocycles. The quantitative estimate of drug-likeness (QED) is 0.425. The summed E-state index contributed by atoms with van der Waals surface area (Å²) in [5, 5.41) is 23.4. The topological polar surface area (TPSA) is 110 Å². The molecule has 1 saturated heterocycles. The molecular formula is C20H20ClN7O3. The van der Waals surface area contributed by atoms with Gasteiger partial charge in [0.2, 0.25) is 5.91 Å². The van der Waals surface area contributed by atoms with Crippen LogP contribution in [0.5, 0.6) is 0 Å². The van der Waals surface area contributed by atoms with Gasteiger partial charge in [-0.1, -0.05) is 23.7 Å². The minimum absolute atomic E-state index is 0.0134. The summed E-state index contributed by atoms with van der Waals surface area (Å²) in [6.45, 7) is 3.20. The van der Waals surface area contributed by atoms with Crippen molar-refractivity contribution in [2.24, 2.45) is 0 Å². The fraction of sp³-hybridized carbons (Fsp3) is 0.300. The highest BCUT2D eigenvalue weighted by atomic mass is 35.5. The maximum absolute atomic E-state index is 12.6. The van der Waals surface area contributed by atoms with Crippen molar-refractivity contribution in [1.29, 1.82) is 0 Å². The Morgan fingerprint density at radius 1 is 1.03 bits per heavy atom. The number of aromatic nitrogens is 4. The Labute approximate surface area is 183 Å². The molecule has 31 heavy (non-hydrogen) atoms. The minimum atomic E-state index is -0.450. The molecule has 0 N–H and O–H groups in total. The Morgan fingerprint density at radius 2 is 1.71 bits per heavy atom. The van der Waals surface area contributed by atoms with E-state index in [1.807, 2.05) is 17.0 Å². The first-order valence-corrected chi connectivity index (χ1v) is 10.1. The zero-order chi connectivity index (χ0) is 21.8. The number of amides is 1. The Morgan fingerprint density at radius 3 is 2.35 bits per heavy atom. The van der Waals surface area contributed by atoms with E-state index in [2.05, 4.69) is 20.4 Å². The van der Waals surface area contributed by atoms with E-state index in [0.717, 1.165) is 11.3 Å². The van der Waals surface area contributed by atoms with Gasteiger partial charge < -0.3 is 4.90 Å². The van der Waals surface area contributed by atoms with Gasteiger partial charge in [0.1, 0.15) is 0 Å². The van der Waals surface area contributed by atoms with E-state index in [1.165, 1.54) is 12.1 Å². The first-order valence-electron chi connectivity index (χ1n) is 9.76. The molecule has 0 bridgehead atoms. The van der Waals surface area contributed by atoms with Crippen LogP contribution in [0.2, 0.25) is 5.02 Å². The average molecular weight is 442 g/mol. The van der Waals surface area contributed by atoms with Crippen LogP contribution in [0.3, 0.4) is 0 Å². The molecule has 1 aliphatic heterocycles. The van der Waals surface area contributed by atoms with Crippen molar-refractivity contribution >= 4 is 23.2 Å². The van der Waals surface area contributed by atoms with Crippen molar-refractivity contribution in [3.05, 3.63) is 75.1 Å². The van der Waals surface area contributed by atoms with Crippen LogP contribution in [-0.2, 0) is 17.8 Å². The molecule has 0 radical (unpaired) electrons. The molecule has 0 unspecified atom stereocenters. The highest BCUT2D eigenvalue weighted by Gasteiger charge is 2.23.